The second-order valence-electron chi connectivity index (χ2n) is 3.69. The second kappa shape index (κ2) is 5.81. The first-order valence-corrected chi connectivity index (χ1v) is 6.32. The molecule has 0 nitrogen and oxygen atoms in total. The molecule has 0 spiro atoms. The normalized spacial score (nSPS) is 10.3. The smallest absolute Gasteiger partial charge is 0.0844 e. The molecule has 2 aromatic rings. The van der Waals surface area contributed by atoms with Gasteiger partial charge in [-0.1, -0.05) is 76.2 Å². The lowest BCUT2D eigenvalue weighted by molar-refractivity contribution is 1.39. The largest absolute Gasteiger partial charge is 0.156 e. The summed E-state index contributed by atoms with van der Waals surface area (Å²) in [6.45, 7) is 0. The van der Waals surface area contributed by atoms with Gasteiger partial charge in [-0.2, -0.15) is 0 Å². The second-order valence-corrected chi connectivity index (χ2v) is 4.88. The van der Waals surface area contributed by atoms with E-state index in [9.17, 15) is 0 Å². The molecule has 0 aromatic heterocycles. The van der Waals surface area contributed by atoms with Crippen LogP contribution in [0.3, 0.4) is 0 Å². The molecule has 0 saturated heterocycles. The number of benzene rings is 2. The van der Waals surface area contributed by atoms with Crippen LogP contribution < -0.4 is 5.46 Å². The quantitative estimate of drug-likeness (QED) is 0.585. The van der Waals surface area contributed by atoms with Crippen molar-refractivity contribution in [3.8, 4) is 0 Å². The Kier molecular flexibility index (Phi) is 4.39. The van der Waals surface area contributed by atoms with Gasteiger partial charge in [0, 0.05) is 0 Å². The first-order chi connectivity index (χ1) is 8.16. The Bertz CT molecular complexity index is 488. The van der Waals surface area contributed by atoms with Crippen molar-refractivity contribution in [1.29, 1.82) is 0 Å². The molecule has 0 aliphatic carbocycles. The van der Waals surface area contributed by atoms with E-state index in [0.29, 0.717) is 15.1 Å². The Labute approximate surface area is 117 Å². The fourth-order valence-electron chi connectivity index (χ4n) is 1.54. The molecule has 2 aromatic carbocycles. The number of halogens is 3. The summed E-state index contributed by atoms with van der Waals surface area (Å²) in [5, 5.41) is 1.38. The molecule has 4 heteroatoms. The zero-order valence-electron chi connectivity index (χ0n) is 8.96. The van der Waals surface area contributed by atoms with E-state index >= 15 is 0 Å². The SMILES string of the molecule is Clc1cc([B]Cc2ccccc2)cc(Cl)c1Cl. The molecule has 0 bridgehead atoms. The molecular formula is C13H9BCl3. The minimum atomic E-state index is 0.408. The van der Waals surface area contributed by atoms with Crippen LogP contribution in [0.25, 0.3) is 0 Å². The molecule has 0 aliphatic rings. The lowest BCUT2D eigenvalue weighted by Gasteiger charge is -2.04. The Hall–Kier alpha value is -0.625. The predicted octanol–water partition coefficient (Wildman–Crippen LogP) is 4.18. The molecule has 0 fully saturated rings. The number of rotatable bonds is 3. The van der Waals surface area contributed by atoms with E-state index < -0.39 is 0 Å². The van der Waals surface area contributed by atoms with Crippen LogP contribution in [-0.4, -0.2) is 7.28 Å². The first kappa shape index (κ1) is 12.8. The van der Waals surface area contributed by atoms with Crippen molar-refractivity contribution in [3.63, 3.8) is 0 Å². The Morgan fingerprint density at radius 1 is 0.882 bits per heavy atom. The highest BCUT2D eigenvalue weighted by Gasteiger charge is 2.06. The average Bonchev–Trinajstić information content (AvgIpc) is 2.34. The van der Waals surface area contributed by atoms with Gasteiger partial charge in [-0.3, -0.25) is 0 Å². The van der Waals surface area contributed by atoms with Gasteiger partial charge >= 0.3 is 0 Å². The topological polar surface area (TPSA) is 0 Å². The maximum atomic E-state index is 5.96. The van der Waals surface area contributed by atoms with Crippen molar-refractivity contribution < 1.29 is 0 Å². The Balaban J connectivity index is 2.10. The van der Waals surface area contributed by atoms with Crippen LogP contribution in [0.4, 0.5) is 0 Å². The monoisotopic (exact) mass is 281 g/mol. The molecule has 0 aliphatic heterocycles. The summed E-state index contributed by atoms with van der Waals surface area (Å²) in [6, 6.07) is 13.8. The number of hydrogen-bond acceptors (Lipinski definition) is 0. The molecular weight excluding hydrogens is 273 g/mol. The summed E-state index contributed by atoms with van der Waals surface area (Å²) in [5.41, 5.74) is 2.22. The van der Waals surface area contributed by atoms with Crippen LogP contribution in [0.5, 0.6) is 0 Å². The van der Waals surface area contributed by atoms with Gasteiger partial charge in [0.25, 0.3) is 0 Å². The van der Waals surface area contributed by atoms with Gasteiger partial charge in [0.15, 0.2) is 7.28 Å². The zero-order chi connectivity index (χ0) is 12.3. The fraction of sp³-hybridized carbons (Fsp3) is 0.0769. The van der Waals surface area contributed by atoms with Crippen molar-refractivity contribution in [2.45, 2.75) is 6.32 Å². The maximum Gasteiger partial charge on any atom is 0.156 e. The molecule has 17 heavy (non-hydrogen) atoms. The molecule has 1 radical (unpaired) electrons. The van der Waals surface area contributed by atoms with Gasteiger partial charge in [0.05, 0.1) is 15.1 Å². The molecule has 0 saturated carbocycles. The summed E-state index contributed by atoms with van der Waals surface area (Å²) in [7, 11) is 2.07. The fourth-order valence-corrected chi connectivity index (χ4v) is 2.16. The Morgan fingerprint density at radius 3 is 2.06 bits per heavy atom. The van der Waals surface area contributed by atoms with Gasteiger partial charge in [0.2, 0.25) is 0 Å². The average molecular weight is 282 g/mol. The van der Waals surface area contributed by atoms with Crippen LogP contribution in [0, 0.1) is 0 Å². The third kappa shape index (κ3) is 3.42. The summed E-state index contributed by atoms with van der Waals surface area (Å²) in [6.07, 6.45) is 0.842. The third-order valence-electron chi connectivity index (χ3n) is 2.42. The van der Waals surface area contributed by atoms with Crippen LogP contribution in [0.2, 0.25) is 15.1 Å². The van der Waals surface area contributed by atoms with E-state index in [1.807, 2.05) is 30.3 Å². The van der Waals surface area contributed by atoms with E-state index in [-0.39, 0.29) is 0 Å². The maximum absolute atomic E-state index is 5.96. The van der Waals surface area contributed by atoms with E-state index in [1.54, 1.807) is 0 Å². The van der Waals surface area contributed by atoms with Crippen molar-refractivity contribution >= 4 is 47.5 Å². The minimum absolute atomic E-state index is 0.408. The zero-order valence-corrected chi connectivity index (χ0v) is 11.2. The molecule has 0 heterocycles. The summed E-state index contributed by atoms with van der Waals surface area (Å²) < 4.78 is 0. The minimum Gasteiger partial charge on any atom is -0.0844 e. The number of hydrogen-bond donors (Lipinski definition) is 0. The van der Waals surface area contributed by atoms with Gasteiger partial charge < -0.3 is 0 Å². The summed E-state index contributed by atoms with van der Waals surface area (Å²) in [4.78, 5) is 0. The van der Waals surface area contributed by atoms with Gasteiger partial charge in [0.1, 0.15) is 0 Å². The van der Waals surface area contributed by atoms with Crippen molar-refractivity contribution in [2.75, 3.05) is 0 Å². The van der Waals surface area contributed by atoms with Crippen molar-refractivity contribution in [2.24, 2.45) is 0 Å². The van der Waals surface area contributed by atoms with E-state index in [1.165, 1.54) is 5.56 Å². The highest BCUT2D eigenvalue weighted by molar-refractivity contribution is 6.56. The Morgan fingerprint density at radius 2 is 1.47 bits per heavy atom. The van der Waals surface area contributed by atoms with Crippen LogP contribution in [-0.2, 0) is 6.32 Å². The predicted molar refractivity (Wildman–Crippen MR) is 77.0 cm³/mol. The first-order valence-electron chi connectivity index (χ1n) is 5.18. The van der Waals surface area contributed by atoms with Crippen LogP contribution in [0.1, 0.15) is 5.56 Å². The van der Waals surface area contributed by atoms with Crippen LogP contribution >= 0.6 is 34.8 Å². The molecule has 0 N–H and O–H groups in total. The van der Waals surface area contributed by atoms with Crippen molar-refractivity contribution in [1.82, 2.24) is 0 Å². The standard InChI is InChI=1S/C13H9BCl3/c15-11-6-10(7-12(16)13(11)17)14-8-9-4-2-1-3-5-9/h1-7H,8H2. The third-order valence-corrected chi connectivity index (χ3v) is 3.62. The highest BCUT2D eigenvalue weighted by Crippen LogP contribution is 2.28. The van der Waals surface area contributed by atoms with Gasteiger partial charge in [-0.15, -0.1) is 0 Å². The molecule has 2 rings (SSSR count). The molecule has 0 amide bonds. The molecule has 0 unspecified atom stereocenters. The summed E-state index contributed by atoms with van der Waals surface area (Å²) >= 11 is 17.8. The van der Waals surface area contributed by atoms with Crippen LogP contribution in [0.15, 0.2) is 42.5 Å². The van der Waals surface area contributed by atoms with E-state index in [2.05, 4.69) is 19.4 Å². The highest BCUT2D eigenvalue weighted by atomic mass is 35.5. The lowest BCUT2D eigenvalue weighted by atomic mass is 9.65. The lowest BCUT2D eigenvalue weighted by Crippen LogP contribution is -2.16. The van der Waals surface area contributed by atoms with Gasteiger partial charge in [-0.25, -0.2) is 0 Å². The molecule has 85 valence electrons. The summed E-state index contributed by atoms with van der Waals surface area (Å²) in [5.74, 6) is 0. The molecule has 0 atom stereocenters. The van der Waals surface area contributed by atoms with E-state index in [0.717, 1.165) is 11.8 Å². The van der Waals surface area contributed by atoms with E-state index in [4.69, 9.17) is 34.8 Å². The van der Waals surface area contributed by atoms with Gasteiger partial charge in [-0.05, 0) is 18.5 Å². The van der Waals surface area contributed by atoms with Crippen molar-refractivity contribution in [3.05, 3.63) is 63.1 Å².